The summed E-state index contributed by atoms with van der Waals surface area (Å²) in [6.45, 7) is 1.02. The van der Waals surface area contributed by atoms with Gasteiger partial charge in [-0.25, -0.2) is 4.79 Å². The largest absolute Gasteiger partial charge is 0.459 e. The van der Waals surface area contributed by atoms with E-state index in [1.54, 1.807) is 54.7 Å². The molecule has 0 saturated carbocycles. The van der Waals surface area contributed by atoms with Gasteiger partial charge in [0, 0.05) is 29.6 Å². The van der Waals surface area contributed by atoms with Gasteiger partial charge in [0.2, 0.25) is 5.88 Å². The summed E-state index contributed by atoms with van der Waals surface area (Å²) in [5.41, 5.74) is 2.51. The zero-order valence-corrected chi connectivity index (χ0v) is 18.7. The number of aromatic nitrogens is 2. The van der Waals surface area contributed by atoms with Gasteiger partial charge in [0.25, 0.3) is 5.91 Å². The van der Waals surface area contributed by atoms with Gasteiger partial charge in [-0.1, -0.05) is 6.07 Å². The lowest BCUT2D eigenvalue weighted by molar-refractivity contribution is 0.00934. The number of ether oxygens (including phenoxy) is 2. The van der Waals surface area contributed by atoms with Crippen LogP contribution in [0.4, 0.5) is 5.88 Å². The Balaban J connectivity index is 1.44. The summed E-state index contributed by atoms with van der Waals surface area (Å²) >= 11 is 0. The average Bonchev–Trinajstić information content (AvgIpc) is 3.52. The number of hydrogen-bond donors (Lipinski definition) is 4. The van der Waals surface area contributed by atoms with Crippen molar-refractivity contribution in [3.63, 3.8) is 0 Å². The summed E-state index contributed by atoms with van der Waals surface area (Å²) in [5, 5.41) is 20.9. The van der Waals surface area contributed by atoms with E-state index in [1.165, 1.54) is 12.5 Å². The molecule has 3 heterocycles. The monoisotopic (exact) mass is 477 g/mol. The first-order valence-corrected chi connectivity index (χ1v) is 10.7. The van der Waals surface area contributed by atoms with Crippen LogP contribution in [0.5, 0.6) is 11.5 Å². The van der Waals surface area contributed by atoms with Crippen LogP contribution in [0.2, 0.25) is 0 Å². The van der Waals surface area contributed by atoms with Crippen molar-refractivity contribution < 1.29 is 33.7 Å². The summed E-state index contributed by atoms with van der Waals surface area (Å²) in [7, 11) is 0. The number of anilines is 1. The Labute approximate surface area is 200 Å². The van der Waals surface area contributed by atoms with Gasteiger partial charge in [0.05, 0.1) is 29.8 Å². The van der Waals surface area contributed by atoms with Crippen LogP contribution in [-0.4, -0.2) is 51.4 Å². The second-order valence-corrected chi connectivity index (χ2v) is 7.63. The molecule has 10 heteroatoms. The number of benzene rings is 1. The molecule has 0 aliphatic heterocycles. The third kappa shape index (κ3) is 5.94. The number of aryl methyl sites for hydroxylation is 1. The van der Waals surface area contributed by atoms with Crippen LogP contribution < -0.4 is 10.1 Å². The molecule has 10 nitrogen and oxygen atoms in total. The average molecular weight is 477 g/mol. The van der Waals surface area contributed by atoms with E-state index in [-0.39, 0.29) is 18.1 Å². The molecule has 1 aromatic carbocycles. The molecule has 0 bridgehead atoms. The molecule has 0 fully saturated rings. The molecule has 1 atom stereocenters. The highest BCUT2D eigenvalue weighted by atomic mass is 16.5. The Morgan fingerprint density at radius 2 is 1.97 bits per heavy atom. The zero-order valence-electron chi connectivity index (χ0n) is 18.7. The molecule has 3 aromatic heterocycles. The summed E-state index contributed by atoms with van der Waals surface area (Å²) in [6, 6.07) is 13.4. The Morgan fingerprint density at radius 1 is 1.14 bits per heavy atom. The summed E-state index contributed by atoms with van der Waals surface area (Å²) < 4.78 is 16.1. The van der Waals surface area contributed by atoms with Crippen molar-refractivity contribution in [1.82, 2.24) is 9.97 Å². The standard InChI is InChI=1S/C25H23N3O7/c1-15-6-8-33-24(15)28-23(31)16-3-2-4-19(9-16)35-20-5-7-26-22(11-20)21-10-17(12-27-21)25(32)34-14-18(30)13-29/h2-12,18,27,29-30H,13-14H2,1H3,(H,28,31). The van der Waals surface area contributed by atoms with Crippen molar-refractivity contribution in [3.05, 3.63) is 83.9 Å². The fourth-order valence-electron chi connectivity index (χ4n) is 3.10. The van der Waals surface area contributed by atoms with Crippen LogP contribution in [0.1, 0.15) is 26.3 Å². The number of furan rings is 1. The highest BCUT2D eigenvalue weighted by Crippen LogP contribution is 2.27. The first kappa shape index (κ1) is 23.7. The summed E-state index contributed by atoms with van der Waals surface area (Å²) in [6.07, 6.45) is 3.38. The molecule has 4 N–H and O–H groups in total. The van der Waals surface area contributed by atoms with E-state index in [1.807, 2.05) is 6.92 Å². The molecular weight excluding hydrogens is 454 g/mol. The minimum absolute atomic E-state index is 0.240. The smallest absolute Gasteiger partial charge is 0.339 e. The lowest BCUT2D eigenvalue weighted by Crippen LogP contribution is -2.21. The first-order chi connectivity index (χ1) is 16.9. The highest BCUT2D eigenvalue weighted by Gasteiger charge is 2.15. The number of nitrogens with one attached hydrogen (secondary N) is 2. The number of nitrogens with zero attached hydrogens (tertiary/aromatic N) is 1. The van der Waals surface area contributed by atoms with Gasteiger partial charge in [0.15, 0.2) is 0 Å². The number of esters is 1. The number of amides is 1. The number of hydrogen-bond acceptors (Lipinski definition) is 8. The van der Waals surface area contributed by atoms with Crippen LogP contribution in [0.15, 0.2) is 71.6 Å². The van der Waals surface area contributed by atoms with Crippen molar-refractivity contribution in [1.29, 1.82) is 0 Å². The van der Waals surface area contributed by atoms with E-state index in [0.29, 0.717) is 34.3 Å². The third-order valence-electron chi connectivity index (χ3n) is 4.96. The van der Waals surface area contributed by atoms with Crippen molar-refractivity contribution in [2.45, 2.75) is 13.0 Å². The van der Waals surface area contributed by atoms with Gasteiger partial charge in [-0.15, -0.1) is 0 Å². The Morgan fingerprint density at radius 3 is 2.74 bits per heavy atom. The fourth-order valence-corrected chi connectivity index (χ4v) is 3.10. The number of aliphatic hydroxyl groups is 2. The van der Waals surface area contributed by atoms with E-state index < -0.39 is 18.7 Å². The van der Waals surface area contributed by atoms with Crippen LogP contribution in [-0.2, 0) is 4.74 Å². The molecule has 1 amide bonds. The second-order valence-electron chi connectivity index (χ2n) is 7.63. The van der Waals surface area contributed by atoms with E-state index in [4.69, 9.17) is 19.0 Å². The number of carbonyl (C=O) groups is 2. The van der Waals surface area contributed by atoms with E-state index in [9.17, 15) is 14.7 Å². The minimum atomic E-state index is -1.13. The maximum atomic E-state index is 12.6. The van der Waals surface area contributed by atoms with Crippen molar-refractivity contribution in [3.8, 4) is 22.9 Å². The molecule has 0 spiro atoms. The highest BCUT2D eigenvalue weighted by molar-refractivity contribution is 6.04. The molecular formula is C25H23N3O7. The van der Waals surface area contributed by atoms with Crippen LogP contribution in [0.3, 0.4) is 0 Å². The van der Waals surface area contributed by atoms with Crippen molar-refractivity contribution >= 4 is 17.8 Å². The number of rotatable bonds is 9. The van der Waals surface area contributed by atoms with Crippen molar-refractivity contribution in [2.75, 3.05) is 18.5 Å². The topological polar surface area (TPSA) is 147 Å². The van der Waals surface area contributed by atoms with Gasteiger partial charge in [-0.3, -0.25) is 15.1 Å². The fraction of sp³-hybridized carbons (Fsp3) is 0.160. The molecule has 4 rings (SSSR count). The Hall–Kier alpha value is -4.41. The maximum absolute atomic E-state index is 12.6. The third-order valence-corrected chi connectivity index (χ3v) is 4.96. The molecule has 180 valence electrons. The number of aliphatic hydroxyl groups excluding tert-OH is 2. The summed E-state index contributed by atoms with van der Waals surface area (Å²) in [4.78, 5) is 31.9. The number of pyridine rings is 1. The molecule has 0 saturated heterocycles. The SMILES string of the molecule is Cc1ccoc1NC(=O)c1cccc(Oc2ccnc(-c3cc(C(=O)OCC(O)CO)c[nH]3)c2)c1. The van der Waals surface area contributed by atoms with E-state index in [0.717, 1.165) is 5.56 Å². The normalized spacial score (nSPS) is 11.6. The number of aromatic amines is 1. The van der Waals surface area contributed by atoms with Gasteiger partial charge in [-0.05, 0) is 43.3 Å². The Kier molecular flexibility index (Phi) is 7.24. The van der Waals surface area contributed by atoms with Gasteiger partial charge < -0.3 is 29.1 Å². The van der Waals surface area contributed by atoms with Gasteiger partial charge in [0.1, 0.15) is 24.2 Å². The lowest BCUT2D eigenvalue weighted by atomic mass is 10.2. The van der Waals surface area contributed by atoms with Crippen LogP contribution in [0, 0.1) is 6.92 Å². The molecule has 35 heavy (non-hydrogen) atoms. The molecule has 0 aliphatic carbocycles. The molecule has 4 aromatic rings. The quantitative estimate of drug-likeness (QED) is 0.268. The van der Waals surface area contributed by atoms with Crippen molar-refractivity contribution in [2.24, 2.45) is 0 Å². The van der Waals surface area contributed by atoms with E-state index in [2.05, 4.69) is 15.3 Å². The molecule has 1 unspecified atom stereocenters. The molecule has 0 aliphatic rings. The zero-order chi connectivity index (χ0) is 24.8. The minimum Gasteiger partial charge on any atom is -0.459 e. The number of carbonyl (C=O) groups excluding carboxylic acids is 2. The van der Waals surface area contributed by atoms with Gasteiger partial charge >= 0.3 is 5.97 Å². The summed E-state index contributed by atoms with van der Waals surface area (Å²) in [5.74, 6) is 0.329. The van der Waals surface area contributed by atoms with E-state index >= 15 is 0 Å². The second kappa shape index (κ2) is 10.7. The van der Waals surface area contributed by atoms with Crippen LogP contribution >= 0.6 is 0 Å². The predicted molar refractivity (Wildman–Crippen MR) is 125 cm³/mol. The first-order valence-electron chi connectivity index (χ1n) is 10.7. The van der Waals surface area contributed by atoms with Crippen LogP contribution in [0.25, 0.3) is 11.4 Å². The van der Waals surface area contributed by atoms with Gasteiger partial charge in [-0.2, -0.15) is 0 Å². The number of H-pyrrole nitrogens is 1. The predicted octanol–water partition coefficient (Wildman–Crippen LogP) is 3.53. The Bertz CT molecular complexity index is 1330. The maximum Gasteiger partial charge on any atom is 0.339 e. The molecule has 0 radical (unpaired) electrons. The lowest BCUT2D eigenvalue weighted by Gasteiger charge is -2.09.